The Balaban J connectivity index is 3.51. The van der Waals surface area contributed by atoms with E-state index in [2.05, 4.69) is 55.6 Å². The topological polar surface area (TPSA) is 95.9 Å². The average molecular weight is 955 g/mol. The van der Waals surface area contributed by atoms with Gasteiger partial charge >= 0.3 is 5.97 Å². The van der Waals surface area contributed by atoms with Crippen molar-refractivity contribution in [3.8, 4) is 0 Å². The van der Waals surface area contributed by atoms with Crippen LogP contribution >= 0.6 is 0 Å². The van der Waals surface area contributed by atoms with Crippen molar-refractivity contribution < 1.29 is 24.5 Å². The molecule has 398 valence electrons. The summed E-state index contributed by atoms with van der Waals surface area (Å²) in [4.78, 5) is 24.5. The van der Waals surface area contributed by atoms with Crippen molar-refractivity contribution in [1.29, 1.82) is 0 Å². The first-order valence-corrected chi connectivity index (χ1v) is 29.9. The summed E-state index contributed by atoms with van der Waals surface area (Å²) < 4.78 is 5.46. The number of aliphatic hydroxyl groups is 2. The number of hydrogen-bond acceptors (Lipinski definition) is 5. The summed E-state index contributed by atoms with van der Waals surface area (Å²) in [6.07, 6.45) is 72.7. The van der Waals surface area contributed by atoms with E-state index in [1.807, 2.05) is 6.08 Å². The van der Waals surface area contributed by atoms with Crippen LogP contribution in [0.25, 0.3) is 0 Å². The standard InChI is InChI=1S/C62H115NO5/c1-3-5-7-9-11-13-15-17-19-20-21-22-23-27-30-34-38-42-46-50-54-60(65)59(58-64)63-61(66)55-51-47-43-39-35-31-28-24-25-29-33-37-41-45-49-53-57-68-62(67)56-52-48-44-40-36-32-26-18-16-14-12-10-8-6-4-2/h12,14,18,24,26,28,50,54,59-60,64-65H,3-11,13,15-17,19-23,25,27,29-49,51-53,55-58H2,1-2H3,(H,63,66)/b14-12-,26-18-,28-24-,54-50+. The van der Waals surface area contributed by atoms with Gasteiger partial charge in [-0.1, -0.05) is 255 Å². The third kappa shape index (κ3) is 53.2. The van der Waals surface area contributed by atoms with Gasteiger partial charge in [-0.25, -0.2) is 0 Å². The maximum atomic E-state index is 12.5. The number of nitrogens with one attached hydrogen (secondary N) is 1. The Bertz CT molecular complexity index is 1150. The van der Waals surface area contributed by atoms with E-state index in [0.717, 1.165) is 70.6 Å². The predicted octanol–water partition coefficient (Wildman–Crippen LogP) is 18.6. The molecule has 2 unspecified atom stereocenters. The van der Waals surface area contributed by atoms with Crippen molar-refractivity contribution in [2.24, 2.45) is 0 Å². The molecular formula is C62H115NO5. The third-order valence-corrected chi connectivity index (χ3v) is 13.6. The maximum absolute atomic E-state index is 12.5. The Morgan fingerprint density at radius 3 is 1.16 bits per heavy atom. The van der Waals surface area contributed by atoms with Crippen LogP contribution in [0.2, 0.25) is 0 Å². The summed E-state index contributed by atoms with van der Waals surface area (Å²) in [6.45, 7) is 4.86. The van der Waals surface area contributed by atoms with E-state index in [4.69, 9.17) is 4.74 Å². The number of unbranched alkanes of at least 4 members (excludes halogenated alkanes) is 38. The van der Waals surface area contributed by atoms with E-state index in [-0.39, 0.29) is 18.5 Å². The molecular weight excluding hydrogens is 839 g/mol. The van der Waals surface area contributed by atoms with Crippen molar-refractivity contribution in [2.75, 3.05) is 13.2 Å². The normalized spacial score (nSPS) is 12.9. The molecule has 6 heteroatoms. The molecule has 0 aromatic rings. The molecule has 6 nitrogen and oxygen atoms in total. The maximum Gasteiger partial charge on any atom is 0.305 e. The van der Waals surface area contributed by atoms with Gasteiger partial charge in [-0.2, -0.15) is 0 Å². The fraction of sp³-hybridized carbons (Fsp3) is 0.839. The third-order valence-electron chi connectivity index (χ3n) is 13.6. The number of allylic oxidation sites excluding steroid dienone is 7. The van der Waals surface area contributed by atoms with E-state index in [1.165, 1.54) is 212 Å². The molecule has 0 bridgehead atoms. The van der Waals surface area contributed by atoms with Crippen molar-refractivity contribution >= 4 is 11.9 Å². The molecule has 1 amide bonds. The quantitative estimate of drug-likeness (QED) is 0.0321. The van der Waals surface area contributed by atoms with E-state index >= 15 is 0 Å². The zero-order valence-corrected chi connectivity index (χ0v) is 45.3. The lowest BCUT2D eigenvalue weighted by Crippen LogP contribution is -2.45. The Labute approximate surface area is 423 Å². The van der Waals surface area contributed by atoms with E-state index in [1.54, 1.807) is 6.08 Å². The van der Waals surface area contributed by atoms with Crippen LogP contribution in [0.3, 0.4) is 0 Å². The molecule has 2 atom stereocenters. The van der Waals surface area contributed by atoms with Crippen LogP contribution < -0.4 is 5.32 Å². The van der Waals surface area contributed by atoms with E-state index < -0.39 is 12.1 Å². The van der Waals surface area contributed by atoms with Crippen LogP contribution in [0.4, 0.5) is 0 Å². The first kappa shape index (κ1) is 65.8. The molecule has 0 heterocycles. The van der Waals surface area contributed by atoms with Crippen LogP contribution in [-0.4, -0.2) is 47.4 Å². The Morgan fingerprint density at radius 2 is 0.735 bits per heavy atom. The molecule has 0 aliphatic heterocycles. The molecule has 0 aliphatic carbocycles. The zero-order chi connectivity index (χ0) is 49.3. The van der Waals surface area contributed by atoms with E-state index in [9.17, 15) is 19.8 Å². The molecule has 0 fully saturated rings. The minimum absolute atomic E-state index is 0.0181. The van der Waals surface area contributed by atoms with Gasteiger partial charge in [0, 0.05) is 12.8 Å². The number of hydrogen-bond donors (Lipinski definition) is 3. The molecule has 68 heavy (non-hydrogen) atoms. The van der Waals surface area contributed by atoms with Crippen LogP contribution in [0.5, 0.6) is 0 Å². The van der Waals surface area contributed by atoms with E-state index in [0.29, 0.717) is 19.4 Å². The molecule has 0 aromatic carbocycles. The van der Waals surface area contributed by atoms with Gasteiger partial charge < -0.3 is 20.3 Å². The summed E-state index contributed by atoms with van der Waals surface area (Å²) in [5.41, 5.74) is 0. The van der Waals surface area contributed by atoms with Crippen molar-refractivity contribution in [2.45, 2.75) is 321 Å². The van der Waals surface area contributed by atoms with Gasteiger partial charge in [0.2, 0.25) is 5.91 Å². The lowest BCUT2D eigenvalue weighted by Gasteiger charge is -2.20. The minimum Gasteiger partial charge on any atom is -0.466 e. The minimum atomic E-state index is -0.857. The zero-order valence-electron chi connectivity index (χ0n) is 45.3. The molecule has 0 spiro atoms. The van der Waals surface area contributed by atoms with Crippen LogP contribution in [0, 0.1) is 0 Å². The molecule has 0 saturated carbocycles. The van der Waals surface area contributed by atoms with Crippen molar-refractivity contribution in [1.82, 2.24) is 5.32 Å². The molecule has 0 aromatic heterocycles. The summed E-state index contributed by atoms with van der Waals surface area (Å²) in [6, 6.07) is -0.642. The van der Waals surface area contributed by atoms with Gasteiger partial charge in [0.15, 0.2) is 0 Å². The number of carbonyl (C=O) groups excluding carboxylic acids is 2. The smallest absolute Gasteiger partial charge is 0.305 e. The van der Waals surface area contributed by atoms with Crippen LogP contribution in [0.1, 0.15) is 309 Å². The molecule has 0 radical (unpaired) electrons. The highest BCUT2D eigenvalue weighted by Crippen LogP contribution is 2.16. The van der Waals surface area contributed by atoms with Gasteiger partial charge in [0.25, 0.3) is 0 Å². The number of esters is 1. The molecule has 0 saturated heterocycles. The fourth-order valence-electron chi connectivity index (χ4n) is 8.95. The van der Waals surface area contributed by atoms with Gasteiger partial charge in [-0.15, -0.1) is 0 Å². The lowest BCUT2D eigenvalue weighted by atomic mass is 10.0. The number of rotatable bonds is 55. The lowest BCUT2D eigenvalue weighted by molar-refractivity contribution is -0.143. The summed E-state index contributed by atoms with van der Waals surface area (Å²) in [7, 11) is 0. The van der Waals surface area contributed by atoms with Crippen molar-refractivity contribution in [3.63, 3.8) is 0 Å². The second-order valence-electron chi connectivity index (χ2n) is 20.3. The van der Waals surface area contributed by atoms with Crippen molar-refractivity contribution in [3.05, 3.63) is 48.6 Å². The number of ether oxygens (including phenoxy) is 1. The second-order valence-corrected chi connectivity index (χ2v) is 20.3. The largest absolute Gasteiger partial charge is 0.466 e. The highest BCUT2D eigenvalue weighted by molar-refractivity contribution is 5.76. The highest BCUT2D eigenvalue weighted by Gasteiger charge is 2.18. The second kappa shape index (κ2) is 57.4. The SMILES string of the molecule is CCCCC/C=C\C/C=C\CCCCCCCC(=O)OCCCCCCCCC/C=C\CCCCCCCC(=O)NC(CO)C(O)/C=C/CCCCCCCCCCCCCCCCCCCC. The monoisotopic (exact) mass is 954 g/mol. The van der Waals surface area contributed by atoms with Gasteiger partial charge in [0.05, 0.1) is 25.4 Å². The van der Waals surface area contributed by atoms with Gasteiger partial charge in [-0.05, 0) is 89.9 Å². The molecule has 0 aliphatic rings. The Kier molecular flexibility index (Phi) is 55.6. The first-order chi connectivity index (χ1) is 33.5. The first-order valence-electron chi connectivity index (χ1n) is 29.9. The predicted molar refractivity (Wildman–Crippen MR) is 296 cm³/mol. The van der Waals surface area contributed by atoms with Gasteiger partial charge in [0.1, 0.15) is 0 Å². The number of aliphatic hydroxyl groups excluding tert-OH is 2. The number of carbonyl (C=O) groups is 2. The average Bonchev–Trinajstić information content (AvgIpc) is 3.34. The summed E-state index contributed by atoms with van der Waals surface area (Å²) in [5.74, 6) is -0.102. The summed E-state index contributed by atoms with van der Waals surface area (Å²) in [5, 5.41) is 23.2. The number of amides is 1. The Hall–Kier alpha value is -2.18. The highest BCUT2D eigenvalue weighted by atomic mass is 16.5. The van der Waals surface area contributed by atoms with Crippen LogP contribution in [0.15, 0.2) is 48.6 Å². The van der Waals surface area contributed by atoms with Gasteiger partial charge in [-0.3, -0.25) is 9.59 Å². The van der Waals surface area contributed by atoms with Crippen LogP contribution in [-0.2, 0) is 14.3 Å². The molecule has 0 rings (SSSR count). The molecule has 3 N–H and O–H groups in total. The Morgan fingerprint density at radius 1 is 0.412 bits per heavy atom. The fourth-order valence-corrected chi connectivity index (χ4v) is 8.95. The summed E-state index contributed by atoms with van der Waals surface area (Å²) >= 11 is 0.